The van der Waals surface area contributed by atoms with Crippen molar-refractivity contribution in [1.29, 1.82) is 0 Å². The lowest BCUT2D eigenvalue weighted by atomic mass is 10.1. The molecule has 0 saturated carbocycles. The second-order valence-corrected chi connectivity index (χ2v) is 8.52. The Morgan fingerprint density at radius 2 is 1.88 bits per heavy atom. The molecule has 9 nitrogen and oxygen atoms in total. The summed E-state index contributed by atoms with van der Waals surface area (Å²) in [5.74, 6) is 0.700. The summed E-state index contributed by atoms with van der Waals surface area (Å²) < 4.78 is 11.7. The average molecular weight is 513 g/mol. The summed E-state index contributed by atoms with van der Waals surface area (Å²) in [6, 6.07) is 7.57. The van der Waals surface area contributed by atoms with Gasteiger partial charge in [-0.05, 0) is 25.2 Å². The molecule has 4 rings (SSSR count). The number of aromatic nitrogens is 1. The van der Waals surface area contributed by atoms with E-state index in [1.807, 2.05) is 19.9 Å². The Morgan fingerprint density at radius 3 is 2.55 bits per heavy atom. The van der Waals surface area contributed by atoms with Gasteiger partial charge in [-0.1, -0.05) is 36.8 Å². The van der Waals surface area contributed by atoms with Gasteiger partial charge in [-0.2, -0.15) is 0 Å². The largest absolute Gasteiger partial charge is 0.454 e. The Labute approximate surface area is 205 Å². The van der Waals surface area contributed by atoms with Gasteiger partial charge in [0.1, 0.15) is 5.56 Å². The smallest absolute Gasteiger partial charge is 0.282 e. The zero-order chi connectivity index (χ0) is 22.8. The molecule has 1 aliphatic heterocycles. The third kappa shape index (κ3) is 5.14. The minimum atomic E-state index is -0.580. The second kappa shape index (κ2) is 10.5. The number of nitro benzene ring substituents is 1. The Kier molecular flexibility index (Phi) is 7.96. The first-order chi connectivity index (χ1) is 15.4. The Hall–Kier alpha value is -2.66. The van der Waals surface area contributed by atoms with Crippen LogP contribution in [-0.4, -0.2) is 53.7 Å². The number of hydrogen-bond donors (Lipinski definition) is 0. The summed E-state index contributed by atoms with van der Waals surface area (Å²) in [5, 5.41) is 12.2. The number of carbonyl (C=O) groups is 1. The van der Waals surface area contributed by atoms with E-state index in [1.54, 1.807) is 6.07 Å². The first kappa shape index (κ1) is 25.0. The highest BCUT2D eigenvalue weighted by atomic mass is 35.5. The highest BCUT2D eigenvalue weighted by molar-refractivity contribution is 7.22. The lowest BCUT2D eigenvalue weighted by molar-refractivity contribution is -0.385. The number of hydrogen-bond acceptors (Lipinski definition) is 8. The number of nitro groups is 1. The fourth-order valence-corrected chi connectivity index (χ4v) is 4.64. The van der Waals surface area contributed by atoms with Gasteiger partial charge in [0.25, 0.3) is 11.6 Å². The number of carbonyl (C=O) groups excluding carboxylic acids is 1. The minimum Gasteiger partial charge on any atom is -0.454 e. The summed E-state index contributed by atoms with van der Waals surface area (Å²) in [5.41, 5.74) is 0.292. The molecule has 1 amide bonds. The Balaban J connectivity index is 0.00000306. The number of rotatable bonds is 8. The van der Waals surface area contributed by atoms with Crippen LogP contribution in [0.15, 0.2) is 30.3 Å². The average Bonchev–Trinajstić information content (AvgIpc) is 3.40. The van der Waals surface area contributed by atoms with Gasteiger partial charge in [-0.25, -0.2) is 4.98 Å². The molecule has 0 fully saturated rings. The number of thiazole rings is 1. The SMILES string of the molecule is CCN(CC)CCN(C(=O)c1cc(Cl)ccc1[N+](=O)[O-])c1nc2cc3c(cc2s1)OCO3.Cl. The summed E-state index contributed by atoms with van der Waals surface area (Å²) >= 11 is 7.38. The summed E-state index contributed by atoms with van der Waals surface area (Å²) in [6.45, 7) is 6.77. The quantitative estimate of drug-likeness (QED) is 0.309. The van der Waals surface area contributed by atoms with Crippen molar-refractivity contribution in [3.8, 4) is 11.5 Å². The number of benzene rings is 2. The van der Waals surface area contributed by atoms with E-state index in [0.717, 1.165) is 17.8 Å². The van der Waals surface area contributed by atoms with Gasteiger partial charge in [0.2, 0.25) is 6.79 Å². The molecule has 12 heteroatoms. The van der Waals surface area contributed by atoms with Crippen LogP contribution < -0.4 is 14.4 Å². The van der Waals surface area contributed by atoms with Crippen molar-refractivity contribution in [3.63, 3.8) is 0 Å². The molecular formula is C21H22Cl2N4O5S. The third-order valence-electron chi connectivity index (χ3n) is 5.27. The maximum atomic E-state index is 13.6. The fraction of sp³-hybridized carbons (Fsp3) is 0.333. The van der Waals surface area contributed by atoms with Gasteiger partial charge >= 0.3 is 0 Å². The van der Waals surface area contributed by atoms with Crippen molar-refractivity contribution < 1.29 is 19.2 Å². The van der Waals surface area contributed by atoms with Gasteiger partial charge in [-0.3, -0.25) is 19.8 Å². The molecule has 33 heavy (non-hydrogen) atoms. The zero-order valence-electron chi connectivity index (χ0n) is 17.9. The van der Waals surface area contributed by atoms with Crippen LogP contribution in [0.25, 0.3) is 10.2 Å². The molecule has 0 N–H and O–H groups in total. The highest BCUT2D eigenvalue weighted by Crippen LogP contribution is 2.40. The topological polar surface area (TPSA) is 98.0 Å². The molecule has 3 aromatic rings. The van der Waals surface area contributed by atoms with Gasteiger partial charge in [0.15, 0.2) is 16.6 Å². The molecule has 0 spiro atoms. The van der Waals surface area contributed by atoms with E-state index in [4.69, 9.17) is 21.1 Å². The van der Waals surface area contributed by atoms with Crippen LogP contribution in [0.4, 0.5) is 10.8 Å². The molecule has 0 radical (unpaired) electrons. The van der Waals surface area contributed by atoms with Gasteiger partial charge < -0.3 is 14.4 Å². The molecule has 0 saturated heterocycles. The van der Waals surface area contributed by atoms with E-state index >= 15 is 0 Å². The monoisotopic (exact) mass is 512 g/mol. The van der Waals surface area contributed by atoms with E-state index in [9.17, 15) is 14.9 Å². The van der Waals surface area contributed by atoms with E-state index in [2.05, 4.69) is 9.88 Å². The predicted octanol–water partition coefficient (Wildman–Crippen LogP) is 5.00. The number of halogens is 2. The van der Waals surface area contributed by atoms with Crippen molar-refractivity contribution in [1.82, 2.24) is 9.88 Å². The zero-order valence-corrected chi connectivity index (χ0v) is 20.3. The van der Waals surface area contributed by atoms with Crippen LogP contribution in [0.2, 0.25) is 5.02 Å². The number of fused-ring (bicyclic) bond motifs is 2. The van der Waals surface area contributed by atoms with Crippen LogP contribution in [0.5, 0.6) is 11.5 Å². The van der Waals surface area contributed by atoms with Crippen molar-refractivity contribution in [2.24, 2.45) is 0 Å². The molecule has 1 aromatic heterocycles. The van der Waals surface area contributed by atoms with Crippen molar-refractivity contribution in [2.75, 3.05) is 37.9 Å². The molecule has 2 heterocycles. The van der Waals surface area contributed by atoms with Crippen LogP contribution in [-0.2, 0) is 0 Å². The van der Waals surface area contributed by atoms with Crippen LogP contribution in [0.1, 0.15) is 24.2 Å². The standard InChI is InChI=1S/C21H21ClN4O5S.ClH/c1-3-24(4-2)7-8-25(20(27)14-9-13(22)5-6-16(14)26(28)29)21-23-15-10-17-18(31-12-30-17)11-19(15)32-21;/h5-6,9-11H,3-4,7-8,12H2,1-2H3;1H. The highest BCUT2D eigenvalue weighted by Gasteiger charge is 2.29. The Bertz CT molecular complexity index is 1140. The van der Waals surface area contributed by atoms with Crippen LogP contribution in [0, 0.1) is 10.1 Å². The van der Waals surface area contributed by atoms with Gasteiger partial charge in [0, 0.05) is 36.3 Å². The maximum absolute atomic E-state index is 13.6. The van der Waals surface area contributed by atoms with Crippen molar-refractivity contribution in [2.45, 2.75) is 13.8 Å². The predicted molar refractivity (Wildman–Crippen MR) is 131 cm³/mol. The number of anilines is 1. The normalized spacial score (nSPS) is 12.1. The number of ether oxygens (including phenoxy) is 2. The van der Waals surface area contributed by atoms with E-state index in [-0.39, 0.29) is 35.5 Å². The Morgan fingerprint density at radius 1 is 1.18 bits per heavy atom. The maximum Gasteiger partial charge on any atom is 0.282 e. The molecule has 0 atom stereocenters. The fourth-order valence-electron chi connectivity index (χ4n) is 3.47. The van der Waals surface area contributed by atoms with E-state index in [0.29, 0.717) is 35.2 Å². The first-order valence-corrected chi connectivity index (χ1v) is 11.3. The molecule has 176 valence electrons. The van der Waals surface area contributed by atoms with Gasteiger partial charge in [0.05, 0.1) is 15.1 Å². The second-order valence-electron chi connectivity index (χ2n) is 7.07. The van der Waals surface area contributed by atoms with Crippen molar-refractivity contribution in [3.05, 3.63) is 51.0 Å². The van der Waals surface area contributed by atoms with Crippen LogP contribution in [0.3, 0.4) is 0 Å². The minimum absolute atomic E-state index is 0. The number of likely N-dealkylation sites (N-methyl/N-ethyl adjacent to an activating group) is 1. The van der Waals surface area contributed by atoms with Gasteiger partial charge in [-0.15, -0.1) is 12.4 Å². The first-order valence-electron chi connectivity index (χ1n) is 10.1. The molecule has 0 unspecified atom stereocenters. The van der Waals surface area contributed by atoms with Crippen molar-refractivity contribution >= 4 is 62.3 Å². The number of nitrogens with zero attached hydrogens (tertiary/aromatic N) is 4. The summed E-state index contributed by atoms with van der Waals surface area (Å²) in [7, 11) is 0. The molecular weight excluding hydrogens is 491 g/mol. The summed E-state index contributed by atoms with van der Waals surface area (Å²) in [6.07, 6.45) is 0. The molecule has 0 bridgehead atoms. The summed E-state index contributed by atoms with van der Waals surface area (Å²) in [4.78, 5) is 32.8. The molecule has 1 aliphatic rings. The lowest BCUT2D eigenvalue weighted by Gasteiger charge is -2.24. The molecule has 2 aromatic carbocycles. The van der Waals surface area contributed by atoms with E-state index in [1.165, 1.54) is 34.4 Å². The van der Waals surface area contributed by atoms with E-state index < -0.39 is 10.8 Å². The number of amides is 1. The van der Waals surface area contributed by atoms with Crippen LogP contribution >= 0.6 is 35.3 Å². The molecule has 0 aliphatic carbocycles. The third-order valence-corrected chi connectivity index (χ3v) is 6.54. The lowest BCUT2D eigenvalue weighted by Crippen LogP contribution is -2.39.